The Morgan fingerprint density at radius 3 is 1.69 bits per heavy atom. The van der Waals surface area contributed by atoms with E-state index in [1.165, 1.54) is 69.3 Å². The third-order valence-electron chi connectivity index (χ3n) is 3.88. The van der Waals surface area contributed by atoms with E-state index in [2.05, 4.69) is 0 Å². The van der Waals surface area contributed by atoms with Crippen LogP contribution in [0.4, 0.5) is 9.59 Å². The van der Waals surface area contributed by atoms with Gasteiger partial charge < -0.3 is 4.74 Å². The molecule has 2 rings (SSSR count). The second-order valence-corrected chi connectivity index (χ2v) is 11.4. The Morgan fingerprint density at radius 2 is 1.25 bits per heavy atom. The lowest BCUT2D eigenvalue weighted by atomic mass is 10.2. The Hall–Kier alpha value is -3.12. The molecule has 32 heavy (non-hydrogen) atoms. The number of amides is 3. The topological polar surface area (TPSA) is 139 Å². The van der Waals surface area contributed by atoms with Crippen LogP contribution in [0.2, 0.25) is 0 Å². The minimum absolute atomic E-state index is 0.0388. The molecule has 0 radical (unpaired) electrons. The van der Waals surface area contributed by atoms with Gasteiger partial charge in [0, 0.05) is 0 Å². The molecule has 0 atom stereocenters. The first kappa shape index (κ1) is 25.1. The van der Waals surface area contributed by atoms with Crippen molar-refractivity contribution in [2.24, 2.45) is 0 Å². The van der Waals surface area contributed by atoms with Gasteiger partial charge in [-0.25, -0.2) is 28.2 Å². The summed E-state index contributed by atoms with van der Waals surface area (Å²) in [6.45, 7) is 8.01. The van der Waals surface area contributed by atoms with Crippen LogP contribution in [0, 0.1) is 13.8 Å². The van der Waals surface area contributed by atoms with Crippen molar-refractivity contribution in [1.82, 2.24) is 14.6 Å². The quantitative estimate of drug-likeness (QED) is 0.638. The molecular weight excluding hydrogens is 458 g/mol. The summed E-state index contributed by atoms with van der Waals surface area (Å²) >= 11 is 0. The molecule has 0 bridgehead atoms. The molecule has 2 aromatic carbocycles. The Bertz CT molecular complexity index is 1200. The largest absolute Gasteiger partial charge is 0.444 e. The summed E-state index contributed by atoms with van der Waals surface area (Å²) in [5.74, 6) is 0. The van der Waals surface area contributed by atoms with E-state index >= 15 is 0 Å². The zero-order valence-corrected chi connectivity index (χ0v) is 19.9. The molecule has 12 heteroatoms. The van der Waals surface area contributed by atoms with E-state index in [4.69, 9.17) is 4.74 Å². The SMILES string of the molecule is Cc1ccc(S(=O)(=O)NC(=O)NN(C(=O)OC(C)(C)C)S(=O)(=O)c2ccc(C)cc2)cc1. The summed E-state index contributed by atoms with van der Waals surface area (Å²) in [6.07, 6.45) is -1.42. The molecule has 0 saturated carbocycles. The molecule has 3 amide bonds. The summed E-state index contributed by atoms with van der Waals surface area (Å²) in [6, 6.07) is 9.63. The minimum atomic E-state index is -4.62. The van der Waals surface area contributed by atoms with Crippen molar-refractivity contribution in [1.29, 1.82) is 0 Å². The van der Waals surface area contributed by atoms with Gasteiger partial charge in [0.15, 0.2) is 0 Å². The van der Waals surface area contributed by atoms with Crippen molar-refractivity contribution in [3.8, 4) is 0 Å². The average molecular weight is 484 g/mol. The molecular formula is C20H25N3O7S2. The molecule has 0 fully saturated rings. The lowest BCUT2D eigenvalue weighted by Gasteiger charge is -2.27. The predicted octanol–water partition coefficient (Wildman–Crippen LogP) is 2.83. The second kappa shape index (κ2) is 9.17. The van der Waals surface area contributed by atoms with Crippen LogP contribution in [-0.2, 0) is 24.8 Å². The fraction of sp³-hybridized carbons (Fsp3) is 0.300. The van der Waals surface area contributed by atoms with E-state index in [1.54, 1.807) is 24.0 Å². The van der Waals surface area contributed by atoms with Crippen molar-refractivity contribution < 1.29 is 31.2 Å². The third-order valence-corrected chi connectivity index (χ3v) is 6.82. The standard InChI is InChI=1S/C20H25N3O7S2/c1-14-6-10-16(11-7-14)31(26,27)22-18(24)21-23(19(25)30-20(3,4)5)32(28,29)17-12-8-15(2)9-13-17/h6-13H,1-5H3,(H2,21,22,24). The van der Waals surface area contributed by atoms with E-state index in [-0.39, 0.29) is 14.2 Å². The monoisotopic (exact) mass is 483 g/mol. The smallest absolute Gasteiger partial charge is 0.442 e. The van der Waals surface area contributed by atoms with E-state index in [0.29, 0.717) is 0 Å². The third kappa shape index (κ3) is 6.44. The van der Waals surface area contributed by atoms with Crippen molar-refractivity contribution in [3.05, 3.63) is 59.7 Å². The molecule has 0 aliphatic heterocycles. The molecule has 0 aliphatic rings. The number of nitrogens with zero attached hydrogens (tertiary/aromatic N) is 1. The molecule has 174 valence electrons. The second-order valence-electron chi connectivity index (χ2n) is 7.92. The average Bonchev–Trinajstić information content (AvgIpc) is 2.65. The lowest BCUT2D eigenvalue weighted by Crippen LogP contribution is -2.54. The summed E-state index contributed by atoms with van der Waals surface area (Å²) < 4.78 is 57.6. The molecule has 0 spiro atoms. The van der Waals surface area contributed by atoms with Gasteiger partial charge in [-0.05, 0) is 58.9 Å². The summed E-state index contributed by atoms with van der Waals surface area (Å²) in [4.78, 5) is 24.5. The van der Waals surface area contributed by atoms with E-state index in [0.717, 1.165) is 11.1 Å². The van der Waals surface area contributed by atoms with Crippen LogP contribution in [0.3, 0.4) is 0 Å². The van der Waals surface area contributed by atoms with Crippen molar-refractivity contribution >= 4 is 32.2 Å². The zero-order chi connectivity index (χ0) is 24.3. The van der Waals surface area contributed by atoms with Crippen molar-refractivity contribution in [3.63, 3.8) is 0 Å². The summed E-state index contributed by atoms with van der Waals surface area (Å²) in [7, 11) is -8.95. The summed E-state index contributed by atoms with van der Waals surface area (Å²) in [5, 5.41) is 0. The van der Waals surface area contributed by atoms with Crippen molar-refractivity contribution in [2.45, 2.75) is 50.0 Å². The number of carbonyl (C=O) groups is 2. The maximum Gasteiger partial charge on any atom is 0.444 e. The van der Waals surface area contributed by atoms with Gasteiger partial charge in [-0.1, -0.05) is 35.4 Å². The highest BCUT2D eigenvalue weighted by Crippen LogP contribution is 2.18. The van der Waals surface area contributed by atoms with Gasteiger partial charge >= 0.3 is 12.1 Å². The maximum atomic E-state index is 13.0. The normalized spacial score (nSPS) is 12.0. The fourth-order valence-electron chi connectivity index (χ4n) is 2.34. The number of hydrogen-bond acceptors (Lipinski definition) is 7. The Balaban J connectivity index is 2.35. The van der Waals surface area contributed by atoms with Gasteiger partial charge in [0.1, 0.15) is 5.60 Å². The number of hydrazine groups is 1. The number of aryl methyl sites for hydroxylation is 2. The number of ether oxygens (including phenoxy) is 1. The van der Waals surface area contributed by atoms with Crippen LogP contribution < -0.4 is 10.1 Å². The first-order chi connectivity index (χ1) is 14.6. The van der Waals surface area contributed by atoms with Gasteiger partial charge in [0.05, 0.1) is 9.79 Å². The van der Waals surface area contributed by atoms with E-state index < -0.39 is 37.8 Å². The van der Waals surface area contributed by atoms with Crippen LogP contribution in [0.5, 0.6) is 0 Å². The lowest BCUT2D eigenvalue weighted by molar-refractivity contribution is 0.0343. The molecule has 0 aromatic heterocycles. The number of nitrogens with one attached hydrogen (secondary N) is 2. The Labute approximate surface area is 187 Å². The minimum Gasteiger partial charge on any atom is -0.442 e. The highest BCUT2D eigenvalue weighted by Gasteiger charge is 2.35. The van der Waals surface area contributed by atoms with Crippen LogP contribution in [0.1, 0.15) is 31.9 Å². The predicted molar refractivity (Wildman–Crippen MR) is 116 cm³/mol. The van der Waals surface area contributed by atoms with Crippen LogP contribution in [0.15, 0.2) is 58.3 Å². The van der Waals surface area contributed by atoms with Gasteiger partial charge in [0.2, 0.25) is 0 Å². The number of rotatable bonds is 4. The van der Waals surface area contributed by atoms with E-state index in [9.17, 15) is 26.4 Å². The fourth-order valence-corrected chi connectivity index (χ4v) is 4.37. The number of sulfonamides is 2. The van der Waals surface area contributed by atoms with Gasteiger partial charge in [-0.15, -0.1) is 4.41 Å². The number of hydrogen-bond donors (Lipinski definition) is 2. The molecule has 0 heterocycles. The van der Waals surface area contributed by atoms with E-state index in [1.807, 2.05) is 0 Å². The van der Waals surface area contributed by atoms with Crippen LogP contribution in [-0.4, -0.2) is 39.0 Å². The number of benzene rings is 2. The first-order valence-electron chi connectivity index (χ1n) is 9.37. The molecule has 2 aromatic rings. The van der Waals surface area contributed by atoms with Gasteiger partial charge in [-0.2, -0.15) is 8.42 Å². The Morgan fingerprint density at radius 1 is 0.812 bits per heavy atom. The Kier molecular flexibility index (Phi) is 7.20. The highest BCUT2D eigenvalue weighted by atomic mass is 32.2. The van der Waals surface area contributed by atoms with Gasteiger partial charge in [-0.3, -0.25) is 0 Å². The van der Waals surface area contributed by atoms with Crippen molar-refractivity contribution in [2.75, 3.05) is 0 Å². The summed E-state index contributed by atoms with van der Waals surface area (Å²) in [5.41, 5.74) is 2.24. The first-order valence-corrected chi connectivity index (χ1v) is 12.3. The molecule has 2 N–H and O–H groups in total. The molecule has 0 aliphatic carbocycles. The zero-order valence-electron chi connectivity index (χ0n) is 18.2. The van der Waals surface area contributed by atoms with Gasteiger partial charge in [0.25, 0.3) is 20.0 Å². The number of carbonyl (C=O) groups excluding carboxylic acids is 2. The molecule has 0 saturated heterocycles. The molecule has 0 unspecified atom stereocenters. The van der Waals surface area contributed by atoms with Crippen LogP contribution >= 0.6 is 0 Å². The molecule has 10 nitrogen and oxygen atoms in total. The highest BCUT2D eigenvalue weighted by molar-refractivity contribution is 7.90. The number of urea groups is 1. The maximum absolute atomic E-state index is 13.0. The van der Waals surface area contributed by atoms with Crippen LogP contribution in [0.25, 0.3) is 0 Å².